The third kappa shape index (κ3) is 2.37. The van der Waals surface area contributed by atoms with Crippen LogP contribution in [0.4, 0.5) is 5.00 Å². The maximum absolute atomic E-state index is 5.83. The molecule has 0 aliphatic carbocycles. The number of likely N-dealkylation sites (tertiary alicyclic amines) is 1. The molecule has 1 aromatic heterocycles. The van der Waals surface area contributed by atoms with Crippen LogP contribution in [0.5, 0.6) is 0 Å². The molecular weight excluding hydrogens is 244 g/mol. The fraction of sp³-hybridized carbons (Fsp3) is 0.385. The van der Waals surface area contributed by atoms with Crippen LogP contribution in [0.15, 0.2) is 30.3 Å². The van der Waals surface area contributed by atoms with Crippen molar-refractivity contribution in [3.63, 3.8) is 0 Å². The molecule has 1 aliphatic heterocycles. The van der Waals surface area contributed by atoms with Gasteiger partial charge in [-0.25, -0.2) is 0 Å². The van der Waals surface area contributed by atoms with E-state index in [0.717, 1.165) is 30.3 Å². The number of aromatic nitrogens is 2. The van der Waals surface area contributed by atoms with Gasteiger partial charge in [0.2, 0.25) is 0 Å². The molecule has 4 nitrogen and oxygen atoms in total. The van der Waals surface area contributed by atoms with Gasteiger partial charge in [-0.15, -0.1) is 5.10 Å². The Hall–Kier alpha value is -1.46. The molecule has 2 aromatic rings. The molecule has 0 saturated carbocycles. The van der Waals surface area contributed by atoms with E-state index in [9.17, 15) is 0 Å². The molecule has 5 heteroatoms. The highest BCUT2D eigenvalue weighted by atomic mass is 32.1. The molecule has 1 aliphatic rings. The van der Waals surface area contributed by atoms with Gasteiger partial charge in [0.05, 0.1) is 0 Å². The lowest BCUT2D eigenvalue weighted by molar-refractivity contribution is 0.323. The zero-order valence-corrected chi connectivity index (χ0v) is 10.9. The first-order valence-corrected chi connectivity index (χ1v) is 6.94. The van der Waals surface area contributed by atoms with Crippen LogP contribution in [0.25, 0.3) is 0 Å². The van der Waals surface area contributed by atoms with Crippen molar-refractivity contribution in [3.05, 3.63) is 41.6 Å². The summed E-state index contributed by atoms with van der Waals surface area (Å²) in [4.78, 5) is 2.41. The molecule has 1 aromatic carbocycles. The molecule has 2 heterocycles. The van der Waals surface area contributed by atoms with Crippen molar-refractivity contribution < 1.29 is 0 Å². The fourth-order valence-electron chi connectivity index (χ4n) is 2.51. The minimum Gasteiger partial charge on any atom is -0.388 e. The maximum atomic E-state index is 5.83. The summed E-state index contributed by atoms with van der Waals surface area (Å²) in [6.45, 7) is 3.02. The number of hydrogen-bond acceptors (Lipinski definition) is 5. The largest absolute Gasteiger partial charge is 0.388 e. The summed E-state index contributed by atoms with van der Waals surface area (Å²) in [6, 6.07) is 10.7. The van der Waals surface area contributed by atoms with Crippen LogP contribution in [-0.4, -0.2) is 27.6 Å². The third-order valence-corrected chi connectivity index (χ3v) is 4.10. The van der Waals surface area contributed by atoms with Gasteiger partial charge in [0.25, 0.3) is 0 Å². The summed E-state index contributed by atoms with van der Waals surface area (Å²) in [5.74, 6) is 0.638. The van der Waals surface area contributed by atoms with Crippen molar-refractivity contribution in [2.45, 2.75) is 18.9 Å². The summed E-state index contributed by atoms with van der Waals surface area (Å²) < 4.78 is 3.88. The van der Waals surface area contributed by atoms with Crippen molar-refractivity contribution in [3.8, 4) is 0 Å². The van der Waals surface area contributed by atoms with Gasteiger partial charge < -0.3 is 5.73 Å². The van der Waals surface area contributed by atoms with E-state index in [4.69, 9.17) is 5.73 Å². The average molecular weight is 260 g/mol. The number of nitrogen functional groups attached to an aromatic ring is 1. The van der Waals surface area contributed by atoms with E-state index in [1.807, 2.05) is 0 Å². The summed E-state index contributed by atoms with van der Waals surface area (Å²) in [5.41, 5.74) is 8.19. The summed E-state index contributed by atoms with van der Waals surface area (Å²) in [5, 5.41) is 4.83. The topological polar surface area (TPSA) is 55.0 Å². The summed E-state index contributed by atoms with van der Waals surface area (Å²) >= 11 is 1.27. The number of benzene rings is 1. The zero-order chi connectivity index (χ0) is 12.4. The minimum atomic E-state index is 0.638. The molecule has 1 atom stereocenters. The summed E-state index contributed by atoms with van der Waals surface area (Å²) in [6.07, 6.45) is 1.21. The van der Waals surface area contributed by atoms with E-state index in [1.54, 1.807) is 0 Å². The lowest BCUT2D eigenvalue weighted by Crippen LogP contribution is -2.20. The number of rotatable bonds is 3. The predicted molar refractivity (Wildman–Crippen MR) is 73.4 cm³/mol. The Bertz CT molecular complexity index is 511. The van der Waals surface area contributed by atoms with Crippen LogP contribution < -0.4 is 5.73 Å². The van der Waals surface area contributed by atoms with Crippen molar-refractivity contribution in [1.29, 1.82) is 0 Å². The molecule has 18 heavy (non-hydrogen) atoms. The Balaban J connectivity index is 1.64. The molecular formula is C13H16N4S. The first kappa shape index (κ1) is 11.6. The van der Waals surface area contributed by atoms with Gasteiger partial charge in [0, 0.05) is 24.6 Å². The van der Waals surface area contributed by atoms with E-state index >= 15 is 0 Å². The predicted octanol–water partition coefficient (Wildman–Crippen LogP) is 2.11. The zero-order valence-electron chi connectivity index (χ0n) is 10.1. The second-order valence-corrected chi connectivity index (χ2v) is 5.50. The smallest absolute Gasteiger partial charge is 0.132 e. The van der Waals surface area contributed by atoms with Crippen LogP contribution >= 0.6 is 11.5 Å². The normalized spacial score (nSPS) is 20.3. The second kappa shape index (κ2) is 5.04. The Morgan fingerprint density at radius 2 is 2.17 bits per heavy atom. The molecule has 1 fully saturated rings. The Kier molecular flexibility index (Phi) is 3.25. The fourth-order valence-corrected chi connectivity index (χ4v) is 2.95. The van der Waals surface area contributed by atoms with Gasteiger partial charge >= 0.3 is 0 Å². The lowest BCUT2D eigenvalue weighted by Gasteiger charge is -2.14. The average Bonchev–Trinajstić information content (AvgIpc) is 3.02. The van der Waals surface area contributed by atoms with Gasteiger partial charge in [0.1, 0.15) is 10.7 Å². The Morgan fingerprint density at radius 1 is 1.33 bits per heavy atom. The number of nitrogens with zero attached hydrogens (tertiary/aromatic N) is 3. The minimum absolute atomic E-state index is 0.638. The van der Waals surface area contributed by atoms with E-state index in [-0.39, 0.29) is 0 Å². The van der Waals surface area contributed by atoms with E-state index < -0.39 is 0 Å². The highest BCUT2D eigenvalue weighted by molar-refractivity contribution is 7.09. The van der Waals surface area contributed by atoms with E-state index in [2.05, 4.69) is 44.8 Å². The molecule has 1 saturated heterocycles. The van der Waals surface area contributed by atoms with Gasteiger partial charge in [-0.05, 0) is 24.4 Å². The van der Waals surface area contributed by atoms with Crippen LogP contribution in [0.3, 0.4) is 0 Å². The van der Waals surface area contributed by atoms with Crippen molar-refractivity contribution in [2.75, 3.05) is 18.8 Å². The van der Waals surface area contributed by atoms with Gasteiger partial charge in [0.15, 0.2) is 0 Å². The van der Waals surface area contributed by atoms with Crippen LogP contribution in [-0.2, 0) is 6.54 Å². The van der Waals surface area contributed by atoms with Gasteiger partial charge in [-0.1, -0.05) is 34.8 Å². The molecule has 94 valence electrons. The first-order chi connectivity index (χ1) is 8.83. The quantitative estimate of drug-likeness (QED) is 0.918. The number of nitrogens with two attached hydrogens (primary N) is 1. The standard InChI is InChI=1S/C13H16N4S/c14-13-12(15-16-18-13)9-17-7-6-11(8-17)10-4-2-1-3-5-10/h1-5,11H,6-9,14H2. The second-order valence-electron chi connectivity index (χ2n) is 4.72. The molecule has 0 amide bonds. The molecule has 2 N–H and O–H groups in total. The Morgan fingerprint density at radius 3 is 2.89 bits per heavy atom. The van der Waals surface area contributed by atoms with Crippen LogP contribution in [0.1, 0.15) is 23.6 Å². The number of hydrogen-bond donors (Lipinski definition) is 1. The number of anilines is 1. The van der Waals surface area contributed by atoms with Gasteiger partial charge in [-0.3, -0.25) is 4.90 Å². The van der Waals surface area contributed by atoms with Crippen molar-refractivity contribution in [1.82, 2.24) is 14.5 Å². The monoisotopic (exact) mass is 260 g/mol. The van der Waals surface area contributed by atoms with Crippen LogP contribution in [0.2, 0.25) is 0 Å². The van der Waals surface area contributed by atoms with Gasteiger partial charge in [-0.2, -0.15) is 0 Å². The van der Waals surface area contributed by atoms with Crippen molar-refractivity contribution in [2.24, 2.45) is 0 Å². The summed E-state index contributed by atoms with van der Waals surface area (Å²) in [7, 11) is 0. The van der Waals surface area contributed by atoms with E-state index in [1.165, 1.54) is 23.5 Å². The van der Waals surface area contributed by atoms with Crippen molar-refractivity contribution >= 4 is 16.5 Å². The first-order valence-electron chi connectivity index (χ1n) is 6.17. The molecule has 1 unspecified atom stereocenters. The molecule has 0 radical (unpaired) electrons. The highest BCUT2D eigenvalue weighted by Crippen LogP contribution is 2.28. The highest BCUT2D eigenvalue weighted by Gasteiger charge is 2.24. The maximum Gasteiger partial charge on any atom is 0.132 e. The van der Waals surface area contributed by atoms with E-state index in [0.29, 0.717) is 5.92 Å². The SMILES string of the molecule is Nc1snnc1CN1CCC(c2ccccc2)C1. The molecule has 0 spiro atoms. The Labute approximate surface area is 111 Å². The lowest BCUT2D eigenvalue weighted by atomic mass is 9.99. The third-order valence-electron chi connectivity index (χ3n) is 3.50. The molecule has 0 bridgehead atoms. The van der Waals surface area contributed by atoms with Crippen LogP contribution in [0, 0.1) is 0 Å². The molecule has 3 rings (SSSR count).